The second-order valence-corrected chi connectivity index (χ2v) is 13.6. The summed E-state index contributed by atoms with van der Waals surface area (Å²) in [6.07, 6.45) is 4.48. The van der Waals surface area contributed by atoms with Crippen molar-refractivity contribution in [1.82, 2.24) is 10.2 Å². The van der Waals surface area contributed by atoms with Crippen LogP contribution in [0.15, 0.2) is 78.9 Å². The number of unbranched alkanes of at least 4 members (excludes halogenated alkanes) is 3. The van der Waals surface area contributed by atoms with Gasteiger partial charge in [0, 0.05) is 55.8 Å². The van der Waals surface area contributed by atoms with E-state index in [0.717, 1.165) is 61.2 Å². The fourth-order valence-corrected chi connectivity index (χ4v) is 7.36. The van der Waals surface area contributed by atoms with Gasteiger partial charge in [-0.25, -0.2) is 0 Å². The molecular weight excluding hydrogens is 636 g/mol. The lowest BCUT2D eigenvalue weighted by Crippen LogP contribution is -2.57. The fourth-order valence-electron chi connectivity index (χ4n) is 7.36. The molecule has 1 spiro atoms. The highest BCUT2D eigenvalue weighted by molar-refractivity contribution is 5.93. The van der Waals surface area contributed by atoms with E-state index in [0.29, 0.717) is 44.6 Å². The standard InChI is InChI=1S/C39H48N4O7/c44-26-28-15-17-29(18-16-28)34-24-33(25-42-21-19-39(20-22-42)38(48)40-27-43(39)32-11-4-3-5-12-32)49-37(50-34)30-9-8-10-31(23-30)41-35(45)13-6-1-2-7-14-36(46)47/h3-5,8-12,15-18,23,33-34,37,44H,1-2,6-7,13-14,19-22,24-27H2,(H,40,48)(H,41,45)(H,46,47)/t33-,34+,37+/m0/s1. The Morgan fingerprint density at radius 3 is 2.34 bits per heavy atom. The molecule has 11 heteroatoms. The largest absolute Gasteiger partial charge is 0.481 e. The highest BCUT2D eigenvalue weighted by Crippen LogP contribution is 2.40. The van der Waals surface area contributed by atoms with E-state index in [9.17, 15) is 19.5 Å². The molecule has 11 nitrogen and oxygen atoms in total. The molecule has 3 aromatic rings. The average Bonchev–Trinajstić information content (AvgIpc) is 3.45. The maximum absolute atomic E-state index is 13.2. The number of carboxylic acid groups (broad SMARTS) is 1. The lowest BCUT2D eigenvalue weighted by atomic mass is 9.85. The molecule has 6 rings (SSSR count). The number of likely N-dealkylation sites (tertiary alicyclic amines) is 1. The van der Waals surface area contributed by atoms with Gasteiger partial charge in [0.05, 0.1) is 25.5 Å². The number of aliphatic carboxylic acids is 1. The maximum Gasteiger partial charge on any atom is 0.303 e. The zero-order valence-corrected chi connectivity index (χ0v) is 28.5. The Kier molecular flexibility index (Phi) is 11.8. The Balaban J connectivity index is 1.11. The lowest BCUT2D eigenvalue weighted by molar-refractivity contribution is -0.253. The van der Waals surface area contributed by atoms with Crippen molar-refractivity contribution in [1.29, 1.82) is 0 Å². The fraction of sp³-hybridized carbons (Fsp3) is 0.462. The van der Waals surface area contributed by atoms with Crippen molar-refractivity contribution in [3.63, 3.8) is 0 Å². The average molecular weight is 685 g/mol. The van der Waals surface area contributed by atoms with E-state index in [1.54, 1.807) is 0 Å². The zero-order chi connectivity index (χ0) is 34.9. The van der Waals surface area contributed by atoms with Gasteiger partial charge in [-0.05, 0) is 61.1 Å². The SMILES string of the molecule is O=C(O)CCCCCCC(=O)Nc1cccc([C@@H]2O[C@H](CN3CCC4(CC3)C(=O)NCN4c3ccccc3)C[C@H](c3ccc(CO)cc3)O2)c1. The van der Waals surface area contributed by atoms with E-state index in [-0.39, 0.29) is 37.0 Å². The number of aliphatic hydroxyl groups is 1. The van der Waals surface area contributed by atoms with E-state index in [1.165, 1.54) is 0 Å². The molecule has 0 aliphatic carbocycles. The summed E-state index contributed by atoms with van der Waals surface area (Å²) in [6.45, 7) is 2.70. The van der Waals surface area contributed by atoms with Crippen LogP contribution in [-0.4, -0.2) is 70.8 Å². The summed E-state index contributed by atoms with van der Waals surface area (Å²) in [5.74, 6) is -0.784. The summed E-state index contributed by atoms with van der Waals surface area (Å²) in [6, 6.07) is 25.5. The van der Waals surface area contributed by atoms with Gasteiger partial charge in [-0.3, -0.25) is 14.4 Å². The highest BCUT2D eigenvalue weighted by atomic mass is 16.7. The Labute approximate surface area is 293 Å². The molecule has 4 N–H and O–H groups in total. The van der Waals surface area contributed by atoms with Crippen LogP contribution >= 0.6 is 0 Å². The van der Waals surface area contributed by atoms with Gasteiger partial charge in [0.25, 0.3) is 0 Å². The van der Waals surface area contributed by atoms with Crippen LogP contribution in [0.1, 0.15) is 86.9 Å². The normalized spacial score (nSPS) is 22.0. The van der Waals surface area contributed by atoms with Crippen molar-refractivity contribution in [2.24, 2.45) is 0 Å². The van der Waals surface area contributed by atoms with Crippen molar-refractivity contribution in [2.75, 3.05) is 36.5 Å². The summed E-state index contributed by atoms with van der Waals surface area (Å²) in [5, 5.41) is 24.5. The van der Waals surface area contributed by atoms with Crippen LogP contribution in [0.25, 0.3) is 0 Å². The van der Waals surface area contributed by atoms with Crippen LogP contribution in [0.2, 0.25) is 0 Å². The highest BCUT2D eigenvalue weighted by Gasteiger charge is 2.50. The second-order valence-electron chi connectivity index (χ2n) is 13.6. The van der Waals surface area contributed by atoms with Gasteiger partial charge < -0.3 is 40.1 Å². The van der Waals surface area contributed by atoms with Gasteiger partial charge in [-0.15, -0.1) is 0 Å². The van der Waals surface area contributed by atoms with E-state index in [1.807, 2.05) is 66.7 Å². The van der Waals surface area contributed by atoms with Gasteiger partial charge in [-0.1, -0.05) is 67.4 Å². The number of carbonyl (C=O) groups is 3. The number of carbonyl (C=O) groups excluding carboxylic acids is 2. The van der Waals surface area contributed by atoms with Crippen molar-refractivity contribution in [2.45, 2.75) is 88.4 Å². The third-order valence-corrected chi connectivity index (χ3v) is 10.2. The van der Waals surface area contributed by atoms with Gasteiger partial charge in [0.15, 0.2) is 6.29 Å². The Bertz CT molecular complexity index is 1590. The number of rotatable bonds is 14. The number of carboxylic acids is 1. The number of benzene rings is 3. The molecule has 2 amide bonds. The number of anilines is 2. The molecule has 3 heterocycles. The molecule has 3 aromatic carbocycles. The summed E-state index contributed by atoms with van der Waals surface area (Å²) in [4.78, 5) is 41.2. The molecule has 3 fully saturated rings. The lowest BCUT2D eigenvalue weighted by Gasteiger charge is -2.45. The van der Waals surface area contributed by atoms with Crippen LogP contribution in [0.5, 0.6) is 0 Å². The minimum Gasteiger partial charge on any atom is -0.481 e. The first-order valence-electron chi connectivity index (χ1n) is 17.8. The summed E-state index contributed by atoms with van der Waals surface area (Å²) in [7, 11) is 0. The van der Waals surface area contributed by atoms with Gasteiger partial charge in [-0.2, -0.15) is 0 Å². The van der Waals surface area contributed by atoms with Crippen LogP contribution < -0.4 is 15.5 Å². The summed E-state index contributed by atoms with van der Waals surface area (Å²) < 4.78 is 13.2. The first-order chi connectivity index (χ1) is 24.3. The molecule has 0 bridgehead atoms. The van der Waals surface area contributed by atoms with E-state index in [4.69, 9.17) is 14.6 Å². The molecule has 50 heavy (non-hydrogen) atoms. The minimum absolute atomic E-state index is 0.0282. The van der Waals surface area contributed by atoms with Crippen LogP contribution in [0, 0.1) is 0 Å². The van der Waals surface area contributed by atoms with Gasteiger partial charge in [0.2, 0.25) is 11.8 Å². The minimum atomic E-state index is -0.791. The molecular formula is C39H48N4O7. The molecule has 0 saturated carbocycles. The molecule has 0 aromatic heterocycles. The first-order valence-corrected chi connectivity index (χ1v) is 17.8. The second kappa shape index (κ2) is 16.6. The molecule has 3 aliphatic heterocycles. The van der Waals surface area contributed by atoms with Crippen LogP contribution in [-0.2, 0) is 30.5 Å². The Morgan fingerprint density at radius 1 is 0.880 bits per heavy atom. The Morgan fingerprint density at radius 2 is 1.62 bits per heavy atom. The quantitative estimate of drug-likeness (QED) is 0.162. The summed E-state index contributed by atoms with van der Waals surface area (Å²) in [5.41, 5.74) is 3.80. The molecule has 3 aliphatic rings. The number of aliphatic hydroxyl groups excluding tert-OH is 1. The molecule has 0 radical (unpaired) electrons. The topological polar surface area (TPSA) is 141 Å². The van der Waals surface area contributed by atoms with E-state index >= 15 is 0 Å². The number of nitrogens with zero attached hydrogens (tertiary/aromatic N) is 2. The number of nitrogens with one attached hydrogen (secondary N) is 2. The van der Waals surface area contributed by atoms with Crippen LogP contribution in [0.4, 0.5) is 11.4 Å². The number of hydrogen-bond donors (Lipinski definition) is 4. The number of amides is 2. The van der Waals surface area contributed by atoms with Gasteiger partial charge in [0.1, 0.15) is 5.54 Å². The third kappa shape index (κ3) is 8.70. The number of hydrogen-bond acceptors (Lipinski definition) is 8. The molecule has 266 valence electrons. The molecule has 3 saturated heterocycles. The summed E-state index contributed by atoms with van der Waals surface area (Å²) >= 11 is 0. The van der Waals surface area contributed by atoms with E-state index < -0.39 is 17.8 Å². The monoisotopic (exact) mass is 684 g/mol. The predicted molar refractivity (Wildman–Crippen MR) is 189 cm³/mol. The third-order valence-electron chi connectivity index (χ3n) is 10.2. The predicted octanol–water partition coefficient (Wildman–Crippen LogP) is 5.52. The first kappa shape index (κ1) is 35.5. The van der Waals surface area contributed by atoms with E-state index in [2.05, 4.69) is 32.6 Å². The number of para-hydroxylation sites is 1. The van der Waals surface area contributed by atoms with Crippen molar-refractivity contribution in [3.8, 4) is 0 Å². The molecule has 0 unspecified atom stereocenters. The number of piperidine rings is 1. The van der Waals surface area contributed by atoms with Crippen molar-refractivity contribution in [3.05, 3.63) is 95.6 Å². The Hall–Kier alpha value is -4.29. The van der Waals surface area contributed by atoms with Crippen molar-refractivity contribution >= 4 is 29.2 Å². The molecule has 3 atom stereocenters. The number of ether oxygens (including phenoxy) is 2. The smallest absolute Gasteiger partial charge is 0.303 e. The van der Waals surface area contributed by atoms with Crippen molar-refractivity contribution < 1.29 is 34.1 Å². The van der Waals surface area contributed by atoms with Gasteiger partial charge >= 0.3 is 5.97 Å². The zero-order valence-electron chi connectivity index (χ0n) is 28.5. The van der Waals surface area contributed by atoms with Crippen LogP contribution in [0.3, 0.4) is 0 Å². The maximum atomic E-state index is 13.2.